The zero-order valence-electron chi connectivity index (χ0n) is 12.2. The smallest absolute Gasteiger partial charge is 0.282 e. The number of benzene rings is 2. The minimum atomic E-state index is -0.170. The number of rotatable bonds is 5. The molecule has 3 nitrogen and oxygen atoms in total. The van der Waals surface area contributed by atoms with Gasteiger partial charge in [0.2, 0.25) is 0 Å². The summed E-state index contributed by atoms with van der Waals surface area (Å²) in [4.78, 5) is 12.2. The maximum Gasteiger partial charge on any atom is 0.282 e. The van der Waals surface area contributed by atoms with E-state index in [1.807, 2.05) is 25.1 Å². The summed E-state index contributed by atoms with van der Waals surface area (Å²) < 4.78 is 0. The van der Waals surface area contributed by atoms with Crippen LogP contribution in [-0.2, 0) is 4.79 Å². The van der Waals surface area contributed by atoms with Crippen molar-refractivity contribution in [2.45, 2.75) is 25.9 Å². The van der Waals surface area contributed by atoms with Gasteiger partial charge in [-0.2, -0.15) is 0 Å². The van der Waals surface area contributed by atoms with Gasteiger partial charge in [0.15, 0.2) is 6.04 Å². The van der Waals surface area contributed by atoms with E-state index in [1.165, 1.54) is 5.56 Å². The Morgan fingerprint density at radius 1 is 1.05 bits per heavy atom. The summed E-state index contributed by atoms with van der Waals surface area (Å²) in [6.45, 7) is 4.01. The fourth-order valence-corrected chi connectivity index (χ4v) is 2.30. The topological polar surface area (TPSA) is 45.7 Å². The van der Waals surface area contributed by atoms with Gasteiger partial charge in [0.1, 0.15) is 6.04 Å². The fourth-order valence-electron chi connectivity index (χ4n) is 2.18. The average molecular weight is 304 g/mol. The highest BCUT2D eigenvalue weighted by Crippen LogP contribution is 2.13. The Hall–Kier alpha value is -1.84. The first-order chi connectivity index (χ1) is 10.1. The number of carbonyl (C=O) groups is 1. The zero-order chi connectivity index (χ0) is 15.2. The minimum Gasteiger partial charge on any atom is -0.330 e. The van der Waals surface area contributed by atoms with E-state index in [0.29, 0.717) is 5.02 Å². The van der Waals surface area contributed by atoms with Crippen LogP contribution in [0.1, 0.15) is 25.5 Å². The van der Waals surface area contributed by atoms with E-state index in [1.54, 1.807) is 24.3 Å². The van der Waals surface area contributed by atoms with Gasteiger partial charge >= 0.3 is 0 Å². The lowest BCUT2D eigenvalue weighted by Gasteiger charge is -2.16. The molecule has 0 aliphatic rings. The van der Waals surface area contributed by atoms with Crippen molar-refractivity contribution in [3.8, 4) is 0 Å². The molecule has 2 aromatic rings. The van der Waals surface area contributed by atoms with Gasteiger partial charge in [-0.1, -0.05) is 41.9 Å². The van der Waals surface area contributed by atoms with Crippen LogP contribution < -0.4 is 10.6 Å². The molecule has 21 heavy (non-hydrogen) atoms. The molecule has 2 atom stereocenters. The number of hydrogen-bond donors (Lipinski definition) is 2. The monoisotopic (exact) mass is 303 g/mol. The summed E-state index contributed by atoms with van der Waals surface area (Å²) >= 11 is 5.83. The number of nitrogens with one attached hydrogen (secondary N) is 1. The second-order valence-electron chi connectivity index (χ2n) is 5.18. The van der Waals surface area contributed by atoms with Crippen LogP contribution in [0.5, 0.6) is 0 Å². The number of quaternary nitrogens is 1. The fraction of sp³-hybridized carbons (Fsp3) is 0.235. The second-order valence-corrected chi connectivity index (χ2v) is 5.61. The molecule has 0 saturated heterocycles. The maximum atomic E-state index is 12.2. The zero-order valence-corrected chi connectivity index (χ0v) is 13.0. The lowest BCUT2D eigenvalue weighted by molar-refractivity contribution is -0.709. The van der Waals surface area contributed by atoms with Crippen molar-refractivity contribution in [2.24, 2.45) is 0 Å². The van der Waals surface area contributed by atoms with Crippen LogP contribution in [0.4, 0.5) is 5.69 Å². The molecule has 0 saturated carbocycles. The highest BCUT2D eigenvalue weighted by molar-refractivity contribution is 6.30. The normalized spacial score (nSPS) is 13.5. The highest BCUT2D eigenvalue weighted by Gasteiger charge is 2.20. The maximum absolute atomic E-state index is 12.2. The minimum absolute atomic E-state index is 0.0138. The largest absolute Gasteiger partial charge is 0.330 e. The third-order valence-corrected chi connectivity index (χ3v) is 3.68. The summed E-state index contributed by atoms with van der Waals surface area (Å²) in [5, 5.41) is 5.61. The van der Waals surface area contributed by atoms with Gasteiger partial charge in [0.25, 0.3) is 5.91 Å². The van der Waals surface area contributed by atoms with Crippen LogP contribution >= 0.6 is 11.6 Å². The van der Waals surface area contributed by atoms with Crippen LogP contribution in [-0.4, -0.2) is 11.9 Å². The van der Waals surface area contributed by atoms with E-state index in [-0.39, 0.29) is 18.0 Å². The first kappa shape index (κ1) is 15.5. The lowest BCUT2D eigenvalue weighted by atomic mass is 10.1. The summed E-state index contributed by atoms with van der Waals surface area (Å²) in [5.74, 6) is -0.0138. The number of halogens is 1. The van der Waals surface area contributed by atoms with Gasteiger partial charge in [-0.3, -0.25) is 4.79 Å². The van der Waals surface area contributed by atoms with Gasteiger partial charge < -0.3 is 10.6 Å². The van der Waals surface area contributed by atoms with Gasteiger partial charge in [-0.25, -0.2) is 0 Å². The van der Waals surface area contributed by atoms with Crippen molar-refractivity contribution in [3.63, 3.8) is 0 Å². The average Bonchev–Trinajstić information content (AvgIpc) is 2.50. The Balaban J connectivity index is 1.92. The van der Waals surface area contributed by atoms with Gasteiger partial charge in [0, 0.05) is 16.3 Å². The molecular weight excluding hydrogens is 284 g/mol. The van der Waals surface area contributed by atoms with Crippen LogP contribution in [0, 0.1) is 0 Å². The Bertz CT molecular complexity index is 583. The van der Waals surface area contributed by atoms with Crippen molar-refractivity contribution in [2.75, 3.05) is 5.32 Å². The van der Waals surface area contributed by atoms with Gasteiger partial charge in [0.05, 0.1) is 0 Å². The van der Waals surface area contributed by atoms with E-state index >= 15 is 0 Å². The number of amides is 1. The molecule has 2 rings (SSSR count). The SMILES string of the molecule is C[C@H]([NH2+][C@H](C)C(=O)Nc1ccc(Cl)cc1)c1ccccc1. The van der Waals surface area contributed by atoms with Crippen LogP contribution in [0.25, 0.3) is 0 Å². The third-order valence-electron chi connectivity index (χ3n) is 3.43. The number of carbonyl (C=O) groups excluding carboxylic acids is 1. The summed E-state index contributed by atoms with van der Waals surface area (Å²) in [6, 6.07) is 17.4. The molecule has 0 unspecified atom stereocenters. The molecular formula is C17H20ClN2O+. The second kappa shape index (κ2) is 7.25. The van der Waals surface area contributed by atoms with Crippen LogP contribution in [0.15, 0.2) is 54.6 Å². The highest BCUT2D eigenvalue weighted by atomic mass is 35.5. The molecule has 1 amide bonds. The first-order valence-electron chi connectivity index (χ1n) is 7.02. The predicted octanol–water partition coefficient (Wildman–Crippen LogP) is 2.99. The van der Waals surface area contributed by atoms with Crippen molar-refractivity contribution >= 4 is 23.2 Å². The summed E-state index contributed by atoms with van der Waals surface area (Å²) in [6.07, 6.45) is 0. The molecule has 2 aromatic carbocycles. The molecule has 0 heterocycles. The van der Waals surface area contributed by atoms with E-state index < -0.39 is 0 Å². The Labute approximate surface area is 130 Å². The molecule has 4 heteroatoms. The van der Waals surface area contributed by atoms with Crippen molar-refractivity contribution < 1.29 is 10.1 Å². The van der Waals surface area contributed by atoms with Crippen molar-refractivity contribution in [1.29, 1.82) is 0 Å². The molecule has 0 aliphatic carbocycles. The molecule has 0 aliphatic heterocycles. The van der Waals surface area contributed by atoms with E-state index in [2.05, 4.69) is 29.7 Å². The molecule has 3 N–H and O–H groups in total. The third kappa shape index (κ3) is 4.59. The first-order valence-corrected chi connectivity index (χ1v) is 7.40. The van der Waals surface area contributed by atoms with Gasteiger partial charge in [-0.05, 0) is 38.1 Å². The van der Waals surface area contributed by atoms with Crippen LogP contribution in [0.2, 0.25) is 5.02 Å². The standard InChI is InChI=1S/C17H19ClN2O/c1-12(14-6-4-3-5-7-14)19-13(2)17(21)20-16-10-8-15(18)9-11-16/h3-13,19H,1-2H3,(H,20,21)/p+1/t12-,13+/m0/s1. The number of nitrogens with two attached hydrogens (primary N) is 1. The molecule has 0 radical (unpaired) electrons. The van der Waals surface area contributed by atoms with Gasteiger partial charge in [-0.15, -0.1) is 0 Å². The van der Waals surface area contributed by atoms with E-state index in [0.717, 1.165) is 5.69 Å². The number of anilines is 1. The molecule has 110 valence electrons. The van der Waals surface area contributed by atoms with E-state index in [4.69, 9.17) is 11.6 Å². The molecule has 0 spiro atoms. The lowest BCUT2D eigenvalue weighted by Crippen LogP contribution is -2.91. The Morgan fingerprint density at radius 3 is 2.29 bits per heavy atom. The van der Waals surface area contributed by atoms with Crippen LogP contribution in [0.3, 0.4) is 0 Å². The predicted molar refractivity (Wildman–Crippen MR) is 86.3 cm³/mol. The molecule has 0 bridgehead atoms. The van der Waals surface area contributed by atoms with E-state index in [9.17, 15) is 4.79 Å². The van der Waals surface area contributed by atoms with Crippen molar-refractivity contribution in [3.05, 3.63) is 65.2 Å². The Kier molecular flexibility index (Phi) is 5.37. The summed E-state index contributed by atoms with van der Waals surface area (Å²) in [7, 11) is 0. The summed E-state index contributed by atoms with van der Waals surface area (Å²) in [5.41, 5.74) is 1.97. The quantitative estimate of drug-likeness (QED) is 0.876. The molecule has 0 aromatic heterocycles. The van der Waals surface area contributed by atoms with Crippen molar-refractivity contribution in [1.82, 2.24) is 0 Å². The number of hydrogen-bond acceptors (Lipinski definition) is 1. The molecule has 0 fully saturated rings. The Morgan fingerprint density at radius 2 is 1.67 bits per heavy atom.